The van der Waals surface area contributed by atoms with Gasteiger partial charge in [0, 0.05) is 29.8 Å². The van der Waals surface area contributed by atoms with Gasteiger partial charge in [-0.05, 0) is 42.8 Å². The van der Waals surface area contributed by atoms with Crippen LogP contribution in [0.3, 0.4) is 0 Å². The topological polar surface area (TPSA) is 84.3 Å². The minimum Gasteiger partial charge on any atom is -0.348 e. The van der Waals surface area contributed by atoms with Crippen LogP contribution in [0.15, 0.2) is 36.4 Å². The van der Waals surface area contributed by atoms with Gasteiger partial charge in [-0.25, -0.2) is 0 Å². The number of hydrogen-bond acceptors (Lipinski definition) is 4. The molecule has 0 aliphatic carbocycles. The van der Waals surface area contributed by atoms with Crippen molar-refractivity contribution in [2.45, 2.75) is 37.4 Å². The lowest BCUT2D eigenvalue weighted by Crippen LogP contribution is -2.42. The van der Waals surface area contributed by atoms with Gasteiger partial charge in [0.25, 0.3) is 11.6 Å². The molecule has 23 heavy (non-hydrogen) atoms. The number of amides is 1. The molecule has 2 saturated heterocycles. The first-order chi connectivity index (χ1) is 11.1. The van der Waals surface area contributed by atoms with Gasteiger partial charge < -0.3 is 10.6 Å². The van der Waals surface area contributed by atoms with Crippen molar-refractivity contribution in [2.75, 3.05) is 0 Å². The second-order valence-corrected chi connectivity index (χ2v) is 6.33. The summed E-state index contributed by atoms with van der Waals surface area (Å²) in [7, 11) is 0. The van der Waals surface area contributed by atoms with E-state index < -0.39 is 4.92 Å². The third-order valence-electron chi connectivity index (χ3n) is 4.93. The highest BCUT2D eigenvalue weighted by molar-refractivity contribution is 6.00. The first-order valence-electron chi connectivity index (χ1n) is 7.86. The van der Waals surface area contributed by atoms with Crippen LogP contribution in [0, 0.1) is 10.1 Å². The summed E-state index contributed by atoms with van der Waals surface area (Å²) in [6, 6.07) is 11.0. The van der Waals surface area contributed by atoms with E-state index in [1.54, 1.807) is 30.3 Å². The first kappa shape index (κ1) is 14.1. The van der Waals surface area contributed by atoms with Crippen LogP contribution in [0.2, 0.25) is 0 Å². The molecule has 118 valence electrons. The van der Waals surface area contributed by atoms with Crippen molar-refractivity contribution >= 4 is 22.4 Å². The standard InChI is InChI=1S/C17H17N3O3/c21-17(19-15-9-12-5-7-14(15)18-12)11-4-6-13-10(8-11)2-1-3-16(13)20(22)23/h1-4,6,8,12,14-15,18H,5,7,9H2,(H,19,21). The van der Waals surface area contributed by atoms with Crippen molar-refractivity contribution in [3.05, 3.63) is 52.1 Å². The van der Waals surface area contributed by atoms with Crippen LogP contribution in [0.5, 0.6) is 0 Å². The van der Waals surface area contributed by atoms with Gasteiger partial charge in [-0.3, -0.25) is 14.9 Å². The normalized spacial score (nSPS) is 25.7. The summed E-state index contributed by atoms with van der Waals surface area (Å²) in [4.78, 5) is 23.1. The molecule has 2 fully saturated rings. The van der Waals surface area contributed by atoms with Crippen molar-refractivity contribution in [3.63, 3.8) is 0 Å². The van der Waals surface area contributed by atoms with E-state index >= 15 is 0 Å². The zero-order valence-electron chi connectivity index (χ0n) is 12.5. The molecule has 2 heterocycles. The van der Waals surface area contributed by atoms with E-state index in [9.17, 15) is 14.9 Å². The lowest BCUT2D eigenvalue weighted by Gasteiger charge is -2.21. The minimum absolute atomic E-state index is 0.0618. The molecule has 2 aromatic carbocycles. The molecule has 4 rings (SSSR count). The highest BCUT2D eigenvalue weighted by atomic mass is 16.6. The highest BCUT2D eigenvalue weighted by Crippen LogP contribution is 2.29. The number of nitrogens with zero attached hydrogens (tertiary/aromatic N) is 1. The summed E-state index contributed by atoms with van der Waals surface area (Å²) in [5.74, 6) is -0.113. The summed E-state index contributed by atoms with van der Waals surface area (Å²) in [5.41, 5.74) is 0.604. The second-order valence-electron chi connectivity index (χ2n) is 6.33. The van der Waals surface area contributed by atoms with Gasteiger partial charge in [-0.2, -0.15) is 0 Å². The SMILES string of the molecule is O=C(NC1CC2CCC1N2)c1ccc2c([N+](=O)[O-])cccc2c1. The number of carbonyl (C=O) groups excluding carboxylic acids is 1. The molecule has 6 heteroatoms. The molecular weight excluding hydrogens is 294 g/mol. The van der Waals surface area contributed by atoms with Crippen LogP contribution in [0.4, 0.5) is 5.69 Å². The predicted molar refractivity (Wildman–Crippen MR) is 86.4 cm³/mol. The Bertz CT molecular complexity index is 805. The summed E-state index contributed by atoms with van der Waals surface area (Å²) < 4.78 is 0. The summed E-state index contributed by atoms with van der Waals surface area (Å²) >= 11 is 0. The number of rotatable bonds is 3. The average Bonchev–Trinajstić information content (AvgIpc) is 3.16. The Morgan fingerprint density at radius 1 is 1.26 bits per heavy atom. The number of benzene rings is 2. The molecule has 0 spiro atoms. The Hall–Kier alpha value is -2.47. The van der Waals surface area contributed by atoms with Crippen molar-refractivity contribution in [1.82, 2.24) is 10.6 Å². The number of fused-ring (bicyclic) bond motifs is 3. The predicted octanol–water partition coefficient (Wildman–Crippen LogP) is 2.37. The number of non-ortho nitro benzene ring substituents is 1. The van der Waals surface area contributed by atoms with E-state index in [-0.39, 0.29) is 17.6 Å². The zero-order valence-corrected chi connectivity index (χ0v) is 12.5. The highest BCUT2D eigenvalue weighted by Gasteiger charge is 2.39. The molecule has 2 bridgehead atoms. The molecule has 6 nitrogen and oxygen atoms in total. The maximum absolute atomic E-state index is 12.5. The molecule has 3 atom stereocenters. The molecule has 0 radical (unpaired) electrons. The van der Waals surface area contributed by atoms with E-state index in [4.69, 9.17) is 0 Å². The Morgan fingerprint density at radius 2 is 2.13 bits per heavy atom. The fourth-order valence-electron chi connectivity index (χ4n) is 3.80. The number of hydrogen-bond donors (Lipinski definition) is 2. The zero-order chi connectivity index (χ0) is 16.0. The minimum atomic E-state index is -0.400. The fraction of sp³-hybridized carbons (Fsp3) is 0.353. The van der Waals surface area contributed by atoms with Crippen molar-refractivity contribution in [3.8, 4) is 0 Å². The second kappa shape index (κ2) is 5.31. The van der Waals surface area contributed by atoms with Crippen LogP contribution >= 0.6 is 0 Å². The van der Waals surface area contributed by atoms with Gasteiger partial charge in [0.05, 0.1) is 10.3 Å². The van der Waals surface area contributed by atoms with E-state index in [1.165, 1.54) is 12.5 Å². The Balaban J connectivity index is 1.59. The number of nitrogens with one attached hydrogen (secondary N) is 2. The number of nitro groups is 1. The summed E-state index contributed by atoms with van der Waals surface area (Å²) in [5, 5.41) is 18.9. The molecule has 0 saturated carbocycles. The van der Waals surface area contributed by atoms with Gasteiger partial charge >= 0.3 is 0 Å². The van der Waals surface area contributed by atoms with Crippen LogP contribution in [0.1, 0.15) is 29.6 Å². The van der Waals surface area contributed by atoms with Gasteiger partial charge in [0.1, 0.15) is 0 Å². The van der Waals surface area contributed by atoms with E-state index in [0.29, 0.717) is 28.4 Å². The quantitative estimate of drug-likeness (QED) is 0.673. The van der Waals surface area contributed by atoms with Gasteiger partial charge in [0.2, 0.25) is 0 Å². The fourth-order valence-corrected chi connectivity index (χ4v) is 3.80. The number of carbonyl (C=O) groups is 1. The molecule has 3 unspecified atom stereocenters. The van der Waals surface area contributed by atoms with E-state index in [2.05, 4.69) is 10.6 Å². The Kier molecular flexibility index (Phi) is 3.27. The monoisotopic (exact) mass is 311 g/mol. The van der Waals surface area contributed by atoms with E-state index in [0.717, 1.165) is 12.8 Å². The molecular formula is C17H17N3O3. The Morgan fingerprint density at radius 3 is 2.83 bits per heavy atom. The summed E-state index contributed by atoms with van der Waals surface area (Å²) in [6.07, 6.45) is 3.28. The third-order valence-corrected chi connectivity index (χ3v) is 4.93. The lowest BCUT2D eigenvalue weighted by molar-refractivity contribution is -0.383. The largest absolute Gasteiger partial charge is 0.348 e. The molecule has 2 aliphatic heterocycles. The van der Waals surface area contributed by atoms with Gasteiger partial charge in [0.15, 0.2) is 0 Å². The maximum atomic E-state index is 12.5. The molecule has 0 aromatic heterocycles. The number of nitro benzene ring substituents is 1. The lowest BCUT2D eigenvalue weighted by atomic mass is 9.95. The van der Waals surface area contributed by atoms with Crippen LogP contribution < -0.4 is 10.6 Å². The maximum Gasteiger partial charge on any atom is 0.277 e. The summed E-state index contributed by atoms with van der Waals surface area (Å²) in [6.45, 7) is 0. The van der Waals surface area contributed by atoms with Gasteiger partial charge in [-0.15, -0.1) is 0 Å². The van der Waals surface area contributed by atoms with Crippen LogP contribution in [0.25, 0.3) is 10.8 Å². The van der Waals surface area contributed by atoms with Crippen molar-refractivity contribution < 1.29 is 9.72 Å². The molecule has 1 amide bonds. The van der Waals surface area contributed by atoms with E-state index in [1.807, 2.05) is 0 Å². The smallest absolute Gasteiger partial charge is 0.277 e. The first-order valence-corrected chi connectivity index (χ1v) is 7.86. The van der Waals surface area contributed by atoms with Crippen molar-refractivity contribution in [1.29, 1.82) is 0 Å². The van der Waals surface area contributed by atoms with Crippen molar-refractivity contribution in [2.24, 2.45) is 0 Å². The molecule has 2 aliphatic rings. The molecule has 2 aromatic rings. The van der Waals surface area contributed by atoms with Gasteiger partial charge in [-0.1, -0.05) is 12.1 Å². The molecule has 2 N–H and O–H groups in total. The Labute approximate surface area is 133 Å². The third kappa shape index (κ3) is 2.45. The van der Waals surface area contributed by atoms with Crippen LogP contribution in [-0.2, 0) is 0 Å². The average molecular weight is 311 g/mol. The van der Waals surface area contributed by atoms with Crippen LogP contribution in [-0.4, -0.2) is 29.0 Å².